The van der Waals surface area contributed by atoms with E-state index in [0.29, 0.717) is 5.88 Å². The van der Waals surface area contributed by atoms with Gasteiger partial charge < -0.3 is 19.0 Å². The van der Waals surface area contributed by atoms with Crippen LogP contribution in [0.25, 0.3) is 0 Å². The summed E-state index contributed by atoms with van der Waals surface area (Å²) >= 11 is 0. The predicted molar refractivity (Wildman–Crippen MR) is 81.7 cm³/mol. The molecule has 1 aromatic heterocycles. The van der Waals surface area contributed by atoms with Gasteiger partial charge in [0.05, 0.1) is 0 Å². The van der Waals surface area contributed by atoms with Crippen molar-refractivity contribution in [2.75, 3.05) is 38.1 Å². The van der Waals surface area contributed by atoms with Gasteiger partial charge in [0.15, 0.2) is 18.2 Å². The number of benzene rings is 1. The number of rotatable bonds is 4. The maximum Gasteiger partial charge on any atom is 0.236 e. The molecule has 1 saturated heterocycles. The van der Waals surface area contributed by atoms with E-state index in [1.807, 2.05) is 11.0 Å². The molecule has 120 valence electrons. The van der Waals surface area contributed by atoms with E-state index in [4.69, 9.17) is 9.15 Å². The lowest BCUT2D eigenvalue weighted by atomic mass is 10.3. The van der Waals surface area contributed by atoms with Gasteiger partial charge in [-0.25, -0.2) is 4.39 Å². The van der Waals surface area contributed by atoms with Crippen LogP contribution in [0.4, 0.5) is 10.3 Å². The van der Waals surface area contributed by atoms with Gasteiger partial charge in [-0.05, 0) is 19.2 Å². The van der Waals surface area contributed by atoms with Gasteiger partial charge in [0.25, 0.3) is 0 Å². The molecule has 1 aliphatic rings. The number of hydrogen-bond acceptors (Lipinski definition) is 6. The van der Waals surface area contributed by atoms with Crippen molar-refractivity contribution in [3.63, 3.8) is 0 Å². The summed E-state index contributed by atoms with van der Waals surface area (Å²) in [7, 11) is 2.05. The quantitative estimate of drug-likeness (QED) is 0.860. The molecule has 1 aromatic carbocycles. The van der Waals surface area contributed by atoms with Gasteiger partial charge in [-0.15, -0.1) is 0 Å². The highest BCUT2D eigenvalue weighted by atomic mass is 19.1. The third kappa shape index (κ3) is 3.43. The van der Waals surface area contributed by atoms with Crippen molar-refractivity contribution >= 4 is 5.88 Å². The van der Waals surface area contributed by atoms with Crippen LogP contribution >= 0.6 is 0 Å². The zero-order valence-corrected chi connectivity index (χ0v) is 12.8. The summed E-state index contributed by atoms with van der Waals surface area (Å²) in [5.41, 5.74) is 0.238. The summed E-state index contributed by atoms with van der Waals surface area (Å²) < 4.78 is 24.6. The van der Waals surface area contributed by atoms with Crippen molar-refractivity contribution in [1.29, 1.82) is 5.26 Å². The highest BCUT2D eigenvalue weighted by Gasteiger charge is 2.23. The summed E-state index contributed by atoms with van der Waals surface area (Å²) in [6, 6.07) is 8.17. The number of halogens is 1. The molecule has 6 nitrogen and oxygen atoms in total. The van der Waals surface area contributed by atoms with Crippen LogP contribution in [0.3, 0.4) is 0 Å². The molecule has 0 unspecified atom stereocenters. The summed E-state index contributed by atoms with van der Waals surface area (Å²) in [4.78, 5) is 8.34. The van der Waals surface area contributed by atoms with Crippen LogP contribution < -0.4 is 9.64 Å². The van der Waals surface area contributed by atoms with Crippen molar-refractivity contribution in [3.8, 4) is 11.8 Å². The van der Waals surface area contributed by atoms with Crippen molar-refractivity contribution in [2.24, 2.45) is 0 Å². The van der Waals surface area contributed by atoms with Crippen LogP contribution in [-0.2, 0) is 6.61 Å². The topological polar surface area (TPSA) is 65.5 Å². The SMILES string of the molecule is CN1CCN(c2oc(COc3ccccc3F)nc2C#N)CC1. The Balaban J connectivity index is 1.72. The fraction of sp³-hybridized carbons (Fsp3) is 0.375. The molecule has 0 radical (unpaired) electrons. The Morgan fingerprint density at radius 2 is 2.04 bits per heavy atom. The van der Waals surface area contributed by atoms with Crippen LogP contribution in [0, 0.1) is 17.1 Å². The highest BCUT2D eigenvalue weighted by molar-refractivity contribution is 5.48. The van der Waals surface area contributed by atoms with Crippen molar-refractivity contribution in [3.05, 3.63) is 41.7 Å². The fourth-order valence-electron chi connectivity index (χ4n) is 2.41. The molecular formula is C16H17FN4O2. The second-order valence-electron chi connectivity index (χ2n) is 5.38. The first-order valence-corrected chi connectivity index (χ1v) is 7.38. The molecule has 0 bridgehead atoms. The summed E-state index contributed by atoms with van der Waals surface area (Å²) in [6.45, 7) is 3.31. The molecule has 7 heteroatoms. The van der Waals surface area contributed by atoms with E-state index < -0.39 is 5.82 Å². The third-order valence-corrected chi connectivity index (χ3v) is 3.74. The Morgan fingerprint density at radius 1 is 1.30 bits per heavy atom. The minimum atomic E-state index is -0.446. The lowest BCUT2D eigenvalue weighted by Crippen LogP contribution is -2.44. The van der Waals surface area contributed by atoms with E-state index in [0.717, 1.165) is 26.2 Å². The van der Waals surface area contributed by atoms with Gasteiger partial charge in [0.2, 0.25) is 17.5 Å². The van der Waals surface area contributed by atoms with Crippen LogP contribution in [0.15, 0.2) is 28.7 Å². The van der Waals surface area contributed by atoms with Gasteiger partial charge in [-0.3, -0.25) is 0 Å². The molecule has 3 rings (SSSR count). The molecule has 0 N–H and O–H groups in total. The molecule has 0 aliphatic carbocycles. The minimum Gasteiger partial charge on any atom is -0.481 e. The van der Waals surface area contributed by atoms with Gasteiger partial charge in [0.1, 0.15) is 6.07 Å². The first kappa shape index (κ1) is 15.3. The maximum atomic E-state index is 13.5. The molecular weight excluding hydrogens is 299 g/mol. The van der Waals surface area contributed by atoms with Crippen molar-refractivity contribution < 1.29 is 13.5 Å². The van der Waals surface area contributed by atoms with E-state index in [1.54, 1.807) is 12.1 Å². The number of likely N-dealkylation sites (N-methyl/N-ethyl adjacent to an activating group) is 1. The van der Waals surface area contributed by atoms with Gasteiger partial charge in [-0.2, -0.15) is 10.2 Å². The Bertz CT molecular complexity index is 717. The minimum absolute atomic E-state index is 0.0244. The van der Waals surface area contributed by atoms with Crippen LogP contribution in [0.1, 0.15) is 11.6 Å². The molecule has 2 aromatic rings. The molecule has 0 saturated carbocycles. The smallest absolute Gasteiger partial charge is 0.236 e. The number of piperazine rings is 1. The van der Waals surface area contributed by atoms with Gasteiger partial charge >= 0.3 is 0 Å². The zero-order chi connectivity index (χ0) is 16.2. The maximum absolute atomic E-state index is 13.5. The largest absolute Gasteiger partial charge is 0.481 e. The van der Waals surface area contributed by atoms with E-state index >= 15 is 0 Å². The Morgan fingerprint density at radius 3 is 2.74 bits per heavy atom. The van der Waals surface area contributed by atoms with E-state index in [-0.39, 0.29) is 23.9 Å². The molecule has 0 amide bonds. The highest BCUT2D eigenvalue weighted by Crippen LogP contribution is 2.24. The predicted octanol–water partition coefficient (Wildman–Crippen LogP) is 2.02. The monoisotopic (exact) mass is 316 g/mol. The first-order chi connectivity index (χ1) is 11.2. The average Bonchev–Trinajstić information content (AvgIpc) is 2.98. The summed E-state index contributed by atoms with van der Waals surface area (Å²) in [6.07, 6.45) is 0. The molecule has 0 atom stereocenters. The Labute approximate surface area is 133 Å². The number of nitriles is 1. The molecule has 23 heavy (non-hydrogen) atoms. The number of oxazole rings is 1. The normalized spacial score (nSPS) is 15.4. The van der Waals surface area contributed by atoms with Gasteiger partial charge in [-0.1, -0.05) is 12.1 Å². The second-order valence-corrected chi connectivity index (χ2v) is 5.38. The van der Waals surface area contributed by atoms with Crippen LogP contribution in [0.5, 0.6) is 5.75 Å². The van der Waals surface area contributed by atoms with E-state index in [1.165, 1.54) is 12.1 Å². The number of nitrogens with zero attached hydrogens (tertiary/aromatic N) is 4. The lowest BCUT2D eigenvalue weighted by molar-refractivity contribution is 0.250. The molecule has 1 fully saturated rings. The van der Waals surface area contributed by atoms with Crippen LogP contribution in [-0.4, -0.2) is 43.1 Å². The number of aromatic nitrogens is 1. The summed E-state index contributed by atoms with van der Waals surface area (Å²) in [5.74, 6) is 0.413. The van der Waals surface area contributed by atoms with Crippen molar-refractivity contribution in [2.45, 2.75) is 6.61 Å². The third-order valence-electron chi connectivity index (χ3n) is 3.74. The zero-order valence-electron chi connectivity index (χ0n) is 12.8. The fourth-order valence-corrected chi connectivity index (χ4v) is 2.41. The van der Waals surface area contributed by atoms with E-state index in [9.17, 15) is 9.65 Å². The number of ether oxygens (including phenoxy) is 1. The van der Waals surface area contributed by atoms with Crippen molar-refractivity contribution in [1.82, 2.24) is 9.88 Å². The first-order valence-electron chi connectivity index (χ1n) is 7.38. The Kier molecular flexibility index (Phi) is 4.44. The average molecular weight is 316 g/mol. The number of anilines is 1. The molecule has 1 aliphatic heterocycles. The number of para-hydroxylation sites is 1. The second kappa shape index (κ2) is 6.67. The van der Waals surface area contributed by atoms with E-state index in [2.05, 4.69) is 16.9 Å². The Hall–Kier alpha value is -2.59. The summed E-state index contributed by atoms with van der Waals surface area (Å²) in [5, 5.41) is 9.23. The number of hydrogen-bond donors (Lipinski definition) is 0. The standard InChI is InChI=1S/C16H17FN4O2/c1-20-6-8-21(9-7-20)16-13(10-18)19-15(23-16)11-22-14-5-3-2-4-12(14)17/h2-5H,6-9,11H2,1H3. The van der Waals surface area contributed by atoms with Crippen LogP contribution in [0.2, 0.25) is 0 Å². The molecule has 0 spiro atoms. The molecule has 2 heterocycles. The lowest BCUT2D eigenvalue weighted by Gasteiger charge is -2.31. The van der Waals surface area contributed by atoms with Gasteiger partial charge in [0, 0.05) is 26.2 Å².